The van der Waals surface area contributed by atoms with Crippen molar-refractivity contribution in [2.45, 2.75) is 65.9 Å². The fourth-order valence-electron chi connectivity index (χ4n) is 4.12. The van der Waals surface area contributed by atoms with Crippen LogP contribution in [0.25, 0.3) is 0 Å². The van der Waals surface area contributed by atoms with E-state index < -0.39 is 23.1 Å². The lowest BCUT2D eigenvalue weighted by Crippen LogP contribution is -2.55. The Balaban J connectivity index is 2.65. The number of hydrogen-bond donors (Lipinski definition) is 1. The Labute approximate surface area is 166 Å². The van der Waals surface area contributed by atoms with Gasteiger partial charge in [-0.05, 0) is 58.6 Å². The van der Waals surface area contributed by atoms with Gasteiger partial charge in [-0.3, -0.25) is 9.59 Å². The van der Waals surface area contributed by atoms with Crippen molar-refractivity contribution in [2.75, 3.05) is 13.1 Å². The third kappa shape index (κ3) is 3.93. The Bertz CT molecular complexity index is 836. The molecule has 2 rings (SSSR count). The monoisotopic (exact) mass is 392 g/mol. The van der Waals surface area contributed by atoms with Gasteiger partial charge in [-0.15, -0.1) is 0 Å². The molecule has 0 bridgehead atoms. The molecule has 1 aromatic rings. The lowest BCUT2D eigenvalue weighted by atomic mass is 9.65. The summed E-state index contributed by atoms with van der Waals surface area (Å²) in [6.45, 7) is 11.5. The third-order valence-corrected chi connectivity index (χ3v) is 6.00. The number of nitrogens with zero attached hydrogens (tertiary/aromatic N) is 2. The van der Waals surface area contributed by atoms with Crippen LogP contribution in [0.4, 0.5) is 4.79 Å². The van der Waals surface area contributed by atoms with Crippen molar-refractivity contribution >= 4 is 12.1 Å². The van der Waals surface area contributed by atoms with Gasteiger partial charge in [0.1, 0.15) is 5.60 Å². The van der Waals surface area contributed by atoms with Crippen LogP contribution in [-0.4, -0.2) is 45.3 Å². The number of carbonyl (C=O) groups is 2. The molecule has 0 radical (unpaired) electrons. The number of carboxylic acid groups (broad SMARTS) is 1. The fraction of sp³-hybridized carbons (Fsp3) is 0.667. The first kappa shape index (κ1) is 22.0. The van der Waals surface area contributed by atoms with Crippen LogP contribution in [0.1, 0.15) is 63.3 Å². The molecular formula is C21H32N2O5. The lowest BCUT2D eigenvalue weighted by Gasteiger charge is -2.46. The molecule has 1 amide bonds. The van der Waals surface area contributed by atoms with Gasteiger partial charge < -0.3 is 19.3 Å². The molecule has 28 heavy (non-hydrogen) atoms. The van der Waals surface area contributed by atoms with Gasteiger partial charge in [-0.1, -0.05) is 6.92 Å². The van der Waals surface area contributed by atoms with E-state index in [0.717, 1.165) is 16.8 Å². The Kier molecular flexibility index (Phi) is 5.97. The highest BCUT2D eigenvalue weighted by atomic mass is 16.6. The minimum absolute atomic E-state index is 0.0616. The molecule has 1 N–H and O–H groups in total. The number of pyridine rings is 1. The van der Waals surface area contributed by atoms with E-state index in [2.05, 4.69) is 0 Å². The fourth-order valence-corrected chi connectivity index (χ4v) is 4.12. The summed E-state index contributed by atoms with van der Waals surface area (Å²) in [6, 6.07) is 1.60. The molecule has 0 spiro atoms. The van der Waals surface area contributed by atoms with Crippen molar-refractivity contribution in [2.24, 2.45) is 12.5 Å². The van der Waals surface area contributed by atoms with E-state index in [1.807, 2.05) is 20.8 Å². The largest absolute Gasteiger partial charge is 0.465 e. The molecule has 1 fully saturated rings. The molecule has 2 atom stereocenters. The predicted molar refractivity (Wildman–Crippen MR) is 107 cm³/mol. The molecule has 1 aromatic heterocycles. The van der Waals surface area contributed by atoms with Crippen molar-refractivity contribution in [1.82, 2.24) is 9.47 Å². The van der Waals surface area contributed by atoms with Crippen molar-refractivity contribution < 1.29 is 19.4 Å². The molecule has 2 unspecified atom stereocenters. The van der Waals surface area contributed by atoms with Crippen LogP contribution >= 0.6 is 0 Å². The van der Waals surface area contributed by atoms with Gasteiger partial charge in [0, 0.05) is 37.8 Å². The number of esters is 1. The summed E-state index contributed by atoms with van der Waals surface area (Å²) in [5, 5.41) is 9.54. The molecular weight excluding hydrogens is 360 g/mol. The zero-order valence-corrected chi connectivity index (χ0v) is 18.0. The molecule has 0 aliphatic carbocycles. The van der Waals surface area contributed by atoms with E-state index in [0.29, 0.717) is 19.4 Å². The van der Waals surface area contributed by atoms with Gasteiger partial charge in [0.05, 0.1) is 5.41 Å². The number of ether oxygens (including phenoxy) is 1. The van der Waals surface area contributed by atoms with Gasteiger partial charge in [-0.2, -0.15) is 0 Å². The molecule has 7 nitrogen and oxygen atoms in total. The second kappa shape index (κ2) is 7.60. The zero-order valence-electron chi connectivity index (χ0n) is 18.0. The first-order valence-corrected chi connectivity index (χ1v) is 9.72. The van der Waals surface area contributed by atoms with E-state index in [-0.39, 0.29) is 18.0 Å². The maximum absolute atomic E-state index is 13.3. The minimum Gasteiger partial charge on any atom is -0.465 e. The van der Waals surface area contributed by atoms with Crippen molar-refractivity contribution in [3.8, 4) is 0 Å². The van der Waals surface area contributed by atoms with Crippen molar-refractivity contribution in [3.63, 3.8) is 0 Å². The lowest BCUT2D eigenvalue weighted by molar-refractivity contribution is -0.172. The van der Waals surface area contributed by atoms with Crippen LogP contribution in [0.3, 0.4) is 0 Å². The average molecular weight is 392 g/mol. The standard InChI is InChI=1S/C21H32N2O5/c1-8-21(18(25)28-20(4,5)6)12-23(19(26)27)10-9-16(21)15-11-17(24)22(7)14(3)13(15)2/h11,16H,8-10,12H2,1-7H3,(H,26,27). The number of rotatable bonds is 3. The highest BCUT2D eigenvalue weighted by molar-refractivity contribution is 5.80. The quantitative estimate of drug-likeness (QED) is 0.798. The second-order valence-electron chi connectivity index (χ2n) is 8.76. The van der Waals surface area contributed by atoms with Crippen LogP contribution in [0.15, 0.2) is 10.9 Å². The van der Waals surface area contributed by atoms with Gasteiger partial charge >= 0.3 is 12.1 Å². The summed E-state index contributed by atoms with van der Waals surface area (Å²) in [6.07, 6.45) is -0.159. The van der Waals surface area contributed by atoms with Crippen LogP contribution in [0.5, 0.6) is 0 Å². The highest BCUT2D eigenvalue weighted by Gasteiger charge is 2.52. The summed E-state index contributed by atoms with van der Waals surface area (Å²) in [5.41, 5.74) is 0.765. The number of hydrogen-bond acceptors (Lipinski definition) is 4. The number of likely N-dealkylation sites (tertiary alicyclic amines) is 1. The molecule has 1 aliphatic heterocycles. The second-order valence-corrected chi connectivity index (χ2v) is 8.76. The smallest absolute Gasteiger partial charge is 0.407 e. The molecule has 0 aromatic carbocycles. The Morgan fingerprint density at radius 3 is 2.43 bits per heavy atom. The number of carbonyl (C=O) groups excluding carboxylic acids is 1. The first-order valence-electron chi connectivity index (χ1n) is 9.72. The normalized spacial score (nSPS) is 22.8. The molecule has 2 heterocycles. The van der Waals surface area contributed by atoms with E-state index in [9.17, 15) is 19.5 Å². The van der Waals surface area contributed by atoms with Gasteiger partial charge in [-0.25, -0.2) is 4.79 Å². The van der Waals surface area contributed by atoms with Crippen molar-refractivity contribution in [1.29, 1.82) is 0 Å². The molecule has 0 saturated carbocycles. The van der Waals surface area contributed by atoms with E-state index in [1.165, 1.54) is 4.90 Å². The molecule has 1 aliphatic rings. The predicted octanol–water partition coefficient (Wildman–Crippen LogP) is 3.21. The maximum Gasteiger partial charge on any atom is 0.407 e. The average Bonchev–Trinajstić information content (AvgIpc) is 2.60. The Morgan fingerprint density at radius 2 is 1.93 bits per heavy atom. The van der Waals surface area contributed by atoms with E-state index >= 15 is 0 Å². The summed E-state index contributed by atoms with van der Waals surface area (Å²) in [5.74, 6) is -0.688. The molecule has 156 valence electrons. The SMILES string of the molecule is CCC1(C(=O)OC(C)(C)C)CN(C(=O)O)CCC1c1cc(=O)n(C)c(C)c1C. The van der Waals surface area contributed by atoms with E-state index in [1.54, 1.807) is 38.5 Å². The van der Waals surface area contributed by atoms with Crippen LogP contribution in [-0.2, 0) is 16.6 Å². The van der Waals surface area contributed by atoms with Gasteiger partial charge in [0.15, 0.2) is 0 Å². The van der Waals surface area contributed by atoms with E-state index in [4.69, 9.17) is 4.74 Å². The first-order chi connectivity index (χ1) is 12.8. The highest BCUT2D eigenvalue weighted by Crippen LogP contribution is 2.47. The van der Waals surface area contributed by atoms with Crippen LogP contribution in [0.2, 0.25) is 0 Å². The zero-order chi connectivity index (χ0) is 21.4. The summed E-state index contributed by atoms with van der Waals surface area (Å²) < 4.78 is 7.32. The third-order valence-electron chi connectivity index (χ3n) is 6.00. The van der Waals surface area contributed by atoms with Crippen LogP contribution < -0.4 is 5.56 Å². The molecule has 7 heteroatoms. The summed E-state index contributed by atoms with van der Waals surface area (Å²) >= 11 is 0. The van der Waals surface area contributed by atoms with Gasteiger partial charge in [0.25, 0.3) is 5.56 Å². The maximum atomic E-state index is 13.3. The number of aromatic nitrogens is 1. The Hall–Kier alpha value is -2.31. The molecule has 1 saturated heterocycles. The van der Waals surface area contributed by atoms with Gasteiger partial charge in [0.2, 0.25) is 0 Å². The summed E-state index contributed by atoms with van der Waals surface area (Å²) in [4.78, 5) is 38.7. The minimum atomic E-state index is -1.04. The number of piperidine rings is 1. The van der Waals surface area contributed by atoms with Crippen molar-refractivity contribution in [3.05, 3.63) is 33.2 Å². The summed E-state index contributed by atoms with van der Waals surface area (Å²) in [7, 11) is 1.72. The topological polar surface area (TPSA) is 88.8 Å². The Morgan fingerprint density at radius 1 is 1.32 bits per heavy atom. The number of amides is 1. The van der Waals surface area contributed by atoms with Crippen LogP contribution in [0, 0.1) is 19.3 Å².